The van der Waals surface area contributed by atoms with Crippen LogP contribution in [-0.4, -0.2) is 18.0 Å². The minimum atomic E-state index is -3.85. The number of anilines is 1. The van der Waals surface area contributed by atoms with Crippen LogP contribution in [0.2, 0.25) is 0 Å². The van der Waals surface area contributed by atoms with E-state index < -0.39 is 15.8 Å². The van der Waals surface area contributed by atoms with E-state index in [-0.39, 0.29) is 10.6 Å². The Morgan fingerprint density at radius 3 is 2.83 bits per heavy atom. The van der Waals surface area contributed by atoms with E-state index in [1.807, 2.05) is 6.92 Å². The van der Waals surface area contributed by atoms with Gasteiger partial charge in [0.1, 0.15) is 16.4 Å². The average Bonchev–Trinajstić information content (AvgIpc) is 2.90. The third-order valence-corrected chi connectivity index (χ3v) is 5.06. The van der Waals surface area contributed by atoms with E-state index >= 15 is 0 Å². The first kappa shape index (κ1) is 15.5. The predicted octanol–water partition coefficient (Wildman–Crippen LogP) is 3.30. The van der Waals surface area contributed by atoms with Gasteiger partial charge in [0.25, 0.3) is 10.0 Å². The number of hydrogen-bond acceptors (Lipinski definition) is 3. The number of aromatic nitrogens is 2. The zero-order valence-corrected chi connectivity index (χ0v) is 13.6. The topological polar surface area (TPSA) is 64.0 Å². The van der Waals surface area contributed by atoms with E-state index in [9.17, 15) is 12.8 Å². The lowest BCUT2D eigenvalue weighted by Crippen LogP contribution is -2.13. The first-order valence-corrected chi connectivity index (χ1v) is 8.63. The summed E-state index contributed by atoms with van der Waals surface area (Å²) in [4.78, 5) is 4.37. The summed E-state index contributed by atoms with van der Waals surface area (Å²) < 4.78 is 43.1. The van der Waals surface area contributed by atoms with Crippen LogP contribution in [0, 0.1) is 12.7 Å². The Labute approximate surface area is 133 Å². The fraction of sp³-hybridized carbons (Fsp3) is 0.188. The van der Waals surface area contributed by atoms with E-state index in [1.165, 1.54) is 18.2 Å². The van der Waals surface area contributed by atoms with Gasteiger partial charge in [0, 0.05) is 24.3 Å². The Morgan fingerprint density at radius 1 is 1.30 bits per heavy atom. The maximum Gasteiger partial charge on any atom is 0.264 e. The minimum absolute atomic E-state index is 0.131. The summed E-state index contributed by atoms with van der Waals surface area (Å²) in [6.07, 6.45) is 3.17. The summed E-state index contributed by atoms with van der Waals surface area (Å²) in [5, 5.41) is 0.538. The maximum absolute atomic E-state index is 13.4. The Balaban J connectivity index is 2.12. The van der Waals surface area contributed by atoms with E-state index in [0.717, 1.165) is 0 Å². The van der Waals surface area contributed by atoms with Crippen molar-refractivity contribution in [3.63, 3.8) is 0 Å². The highest BCUT2D eigenvalue weighted by Gasteiger charge is 2.22. The normalized spacial score (nSPS) is 11.8. The number of fused-ring (bicyclic) bond motifs is 1. The quantitative estimate of drug-likeness (QED) is 0.797. The van der Waals surface area contributed by atoms with Gasteiger partial charge in [0.2, 0.25) is 0 Å². The Bertz CT molecular complexity index is 980. The lowest BCUT2D eigenvalue weighted by atomic mass is 10.2. The van der Waals surface area contributed by atoms with Crippen molar-refractivity contribution in [3.05, 3.63) is 54.1 Å². The van der Waals surface area contributed by atoms with Gasteiger partial charge in [0.15, 0.2) is 0 Å². The monoisotopic (exact) mass is 333 g/mol. The minimum Gasteiger partial charge on any atom is -0.331 e. The molecule has 2 aromatic heterocycles. The van der Waals surface area contributed by atoms with Gasteiger partial charge in [-0.05, 0) is 43.7 Å². The molecule has 3 aromatic rings. The predicted molar refractivity (Wildman–Crippen MR) is 87.4 cm³/mol. The number of pyridine rings is 1. The molecule has 0 atom stereocenters. The first-order chi connectivity index (χ1) is 10.9. The van der Waals surface area contributed by atoms with E-state index in [2.05, 4.69) is 9.71 Å². The molecule has 0 aliphatic heterocycles. The number of nitrogens with zero attached hydrogens (tertiary/aromatic N) is 2. The van der Waals surface area contributed by atoms with Gasteiger partial charge in [-0.3, -0.25) is 4.72 Å². The van der Waals surface area contributed by atoms with Gasteiger partial charge in [-0.1, -0.05) is 6.07 Å². The lowest BCUT2D eigenvalue weighted by Gasteiger charge is -2.10. The number of rotatable bonds is 4. The maximum atomic E-state index is 13.4. The molecular weight excluding hydrogens is 317 g/mol. The van der Waals surface area contributed by atoms with Gasteiger partial charge in [-0.15, -0.1) is 0 Å². The molecule has 0 saturated carbocycles. The van der Waals surface area contributed by atoms with Crippen LogP contribution < -0.4 is 4.72 Å². The van der Waals surface area contributed by atoms with E-state index in [4.69, 9.17) is 0 Å². The van der Waals surface area contributed by atoms with Crippen LogP contribution in [-0.2, 0) is 16.6 Å². The highest BCUT2D eigenvalue weighted by Crippen LogP contribution is 2.27. The molecule has 1 aromatic carbocycles. The van der Waals surface area contributed by atoms with E-state index in [1.54, 1.807) is 36.0 Å². The molecular formula is C16H16FN3O2S. The van der Waals surface area contributed by atoms with Gasteiger partial charge in [-0.25, -0.2) is 17.8 Å². The smallest absolute Gasteiger partial charge is 0.264 e. The molecule has 0 aliphatic rings. The van der Waals surface area contributed by atoms with Gasteiger partial charge < -0.3 is 4.57 Å². The zero-order valence-electron chi connectivity index (χ0n) is 12.7. The second-order valence-corrected chi connectivity index (χ2v) is 6.87. The summed E-state index contributed by atoms with van der Waals surface area (Å²) in [5.74, 6) is -0.494. The highest BCUT2D eigenvalue weighted by molar-refractivity contribution is 7.93. The molecule has 0 spiro atoms. The van der Waals surface area contributed by atoms with Crippen molar-refractivity contribution in [1.82, 2.24) is 9.55 Å². The Kier molecular flexibility index (Phi) is 3.81. The largest absolute Gasteiger partial charge is 0.331 e. The molecule has 0 amide bonds. The van der Waals surface area contributed by atoms with Crippen LogP contribution in [0.25, 0.3) is 11.0 Å². The molecule has 7 heteroatoms. The van der Waals surface area contributed by atoms with Crippen LogP contribution in [0.1, 0.15) is 12.5 Å². The van der Waals surface area contributed by atoms with Crippen molar-refractivity contribution >= 4 is 26.7 Å². The molecule has 0 radical (unpaired) electrons. The molecule has 0 saturated heterocycles. The number of hydrogen-bond donors (Lipinski definition) is 1. The molecule has 120 valence electrons. The Morgan fingerprint density at radius 2 is 2.09 bits per heavy atom. The number of aryl methyl sites for hydroxylation is 2. The molecule has 3 rings (SSSR count). The van der Waals surface area contributed by atoms with Gasteiger partial charge in [-0.2, -0.15) is 0 Å². The molecule has 0 unspecified atom stereocenters. The number of benzene rings is 1. The van der Waals surface area contributed by atoms with Crippen LogP contribution in [0.3, 0.4) is 0 Å². The SMILES string of the molecule is CCn1cc(S(=O)(=O)Nc2cc(F)ccc2C)c2cccnc21. The standard InChI is InChI=1S/C16H16FN3O2S/c1-3-20-10-15(13-5-4-8-18-16(13)20)23(21,22)19-14-9-12(17)7-6-11(14)2/h4-10,19H,3H2,1-2H3. The molecule has 0 bridgehead atoms. The van der Waals surface area contributed by atoms with Crippen molar-refractivity contribution in [2.24, 2.45) is 0 Å². The number of nitrogens with one attached hydrogen (secondary N) is 1. The molecule has 0 aliphatic carbocycles. The van der Waals surface area contributed by atoms with Gasteiger partial charge >= 0.3 is 0 Å². The zero-order chi connectivity index (χ0) is 16.6. The molecule has 23 heavy (non-hydrogen) atoms. The average molecular weight is 333 g/mol. The second kappa shape index (κ2) is 5.66. The van der Waals surface area contributed by atoms with Crippen molar-refractivity contribution < 1.29 is 12.8 Å². The van der Waals surface area contributed by atoms with Crippen LogP contribution in [0.15, 0.2) is 47.6 Å². The molecule has 1 N–H and O–H groups in total. The molecule has 5 nitrogen and oxygen atoms in total. The molecule has 0 fully saturated rings. The molecule has 2 heterocycles. The summed E-state index contributed by atoms with van der Waals surface area (Å²) >= 11 is 0. The highest BCUT2D eigenvalue weighted by atomic mass is 32.2. The van der Waals surface area contributed by atoms with Crippen LogP contribution in [0.4, 0.5) is 10.1 Å². The fourth-order valence-electron chi connectivity index (χ4n) is 2.45. The first-order valence-electron chi connectivity index (χ1n) is 7.15. The number of sulfonamides is 1. The Hall–Kier alpha value is -2.41. The van der Waals surface area contributed by atoms with Crippen molar-refractivity contribution in [1.29, 1.82) is 0 Å². The second-order valence-electron chi connectivity index (χ2n) is 5.22. The van der Waals surface area contributed by atoms with Crippen LogP contribution in [0.5, 0.6) is 0 Å². The summed E-state index contributed by atoms with van der Waals surface area (Å²) in [6, 6.07) is 7.39. The number of halogens is 1. The third-order valence-electron chi connectivity index (χ3n) is 3.67. The lowest BCUT2D eigenvalue weighted by molar-refractivity contribution is 0.601. The van der Waals surface area contributed by atoms with E-state index in [0.29, 0.717) is 23.1 Å². The summed E-state index contributed by atoms with van der Waals surface area (Å²) in [5.41, 5.74) is 1.48. The van der Waals surface area contributed by atoms with Gasteiger partial charge in [0.05, 0.1) is 5.69 Å². The van der Waals surface area contributed by atoms with Crippen molar-refractivity contribution in [2.75, 3.05) is 4.72 Å². The van der Waals surface area contributed by atoms with Crippen molar-refractivity contribution in [3.8, 4) is 0 Å². The summed E-state index contributed by atoms with van der Waals surface area (Å²) in [7, 11) is -3.85. The summed E-state index contributed by atoms with van der Waals surface area (Å²) in [6.45, 7) is 4.23. The van der Waals surface area contributed by atoms with Crippen LogP contribution >= 0.6 is 0 Å². The third kappa shape index (κ3) is 2.79. The van der Waals surface area contributed by atoms with Crippen molar-refractivity contribution in [2.45, 2.75) is 25.3 Å². The fourth-order valence-corrected chi connectivity index (χ4v) is 3.78.